The summed E-state index contributed by atoms with van der Waals surface area (Å²) in [6, 6.07) is 0. The van der Waals surface area contributed by atoms with Gasteiger partial charge in [0.25, 0.3) is 0 Å². The summed E-state index contributed by atoms with van der Waals surface area (Å²) in [7, 11) is -2.69. The molecule has 0 spiro atoms. The molecule has 1 heterocycles. The van der Waals surface area contributed by atoms with E-state index >= 15 is 0 Å². The van der Waals surface area contributed by atoms with Gasteiger partial charge >= 0.3 is 29.6 Å². The van der Waals surface area contributed by atoms with Crippen molar-refractivity contribution in [1.82, 2.24) is 15.0 Å². The van der Waals surface area contributed by atoms with Gasteiger partial charge in [-0.2, -0.15) is 15.0 Å². The summed E-state index contributed by atoms with van der Waals surface area (Å²) in [6.45, 7) is 2.97. The standard InChI is InChI=1S/C20H38ClN5O3S.Na/c1-3-4-5-6-7-8-9-10-11-12-13-14-15-22-19-23-18(21)24-20(25-19)26(2)16-17-30(27,28)29;/h3-17H2,1-2H3,(H,27,28,29)(H,22,23,24,25);/q;+1/p-1. The monoisotopic (exact) mass is 485 g/mol. The minimum atomic E-state index is -4.29. The van der Waals surface area contributed by atoms with Gasteiger partial charge in [-0.15, -0.1) is 0 Å². The molecule has 0 saturated heterocycles. The second-order valence-corrected chi connectivity index (χ2v) is 9.59. The summed E-state index contributed by atoms with van der Waals surface area (Å²) < 4.78 is 32.3. The van der Waals surface area contributed by atoms with Crippen LogP contribution in [0.5, 0.6) is 0 Å². The topological polar surface area (TPSA) is 111 Å². The van der Waals surface area contributed by atoms with Crippen LogP contribution in [-0.4, -0.2) is 53.8 Å². The van der Waals surface area contributed by atoms with Gasteiger partial charge < -0.3 is 14.8 Å². The van der Waals surface area contributed by atoms with E-state index in [9.17, 15) is 13.0 Å². The van der Waals surface area contributed by atoms with Crippen molar-refractivity contribution in [3.8, 4) is 0 Å². The van der Waals surface area contributed by atoms with Gasteiger partial charge in [-0.3, -0.25) is 0 Å². The first kappa shape index (κ1) is 30.8. The largest absolute Gasteiger partial charge is 1.00 e. The molecule has 1 rings (SSSR count). The molecular weight excluding hydrogens is 449 g/mol. The van der Waals surface area contributed by atoms with Crippen LogP contribution in [0.3, 0.4) is 0 Å². The molecule has 1 aromatic heterocycles. The van der Waals surface area contributed by atoms with Gasteiger partial charge in [0.1, 0.15) is 0 Å². The van der Waals surface area contributed by atoms with E-state index in [0.29, 0.717) is 5.95 Å². The van der Waals surface area contributed by atoms with Crippen LogP contribution in [0.15, 0.2) is 0 Å². The zero-order chi connectivity index (χ0) is 22.2. The van der Waals surface area contributed by atoms with Gasteiger partial charge in [0.15, 0.2) is 0 Å². The maximum atomic E-state index is 10.8. The first-order chi connectivity index (χ1) is 14.3. The van der Waals surface area contributed by atoms with Crippen molar-refractivity contribution >= 4 is 33.6 Å². The van der Waals surface area contributed by atoms with Gasteiger partial charge in [-0.25, -0.2) is 8.42 Å². The van der Waals surface area contributed by atoms with Crippen LogP contribution < -0.4 is 39.8 Å². The van der Waals surface area contributed by atoms with Crippen molar-refractivity contribution in [1.29, 1.82) is 0 Å². The Labute approximate surface area is 215 Å². The van der Waals surface area contributed by atoms with Crippen LogP contribution in [0.25, 0.3) is 0 Å². The summed E-state index contributed by atoms with van der Waals surface area (Å²) >= 11 is 5.93. The molecule has 0 atom stereocenters. The van der Waals surface area contributed by atoms with Gasteiger partial charge in [-0.05, 0) is 18.0 Å². The number of nitrogens with one attached hydrogen (secondary N) is 1. The Morgan fingerprint density at radius 3 is 1.94 bits per heavy atom. The molecule has 0 aromatic carbocycles. The van der Waals surface area contributed by atoms with Crippen LogP contribution in [0.4, 0.5) is 11.9 Å². The third-order valence-corrected chi connectivity index (χ3v) is 5.78. The maximum absolute atomic E-state index is 10.8. The summed E-state index contributed by atoms with van der Waals surface area (Å²) in [6.07, 6.45) is 15.5. The summed E-state index contributed by atoms with van der Waals surface area (Å²) in [5.74, 6) is 0.0646. The Kier molecular flexibility index (Phi) is 18.1. The van der Waals surface area contributed by atoms with Crippen LogP contribution in [0.2, 0.25) is 5.28 Å². The van der Waals surface area contributed by atoms with E-state index in [1.54, 1.807) is 7.05 Å². The Morgan fingerprint density at radius 2 is 1.42 bits per heavy atom. The van der Waals surface area contributed by atoms with Gasteiger partial charge in [0.05, 0.1) is 15.9 Å². The number of halogens is 1. The number of aromatic nitrogens is 3. The van der Waals surface area contributed by atoms with Gasteiger partial charge in [0.2, 0.25) is 17.2 Å². The quantitative estimate of drug-likeness (QED) is 0.190. The second kappa shape index (κ2) is 18.3. The van der Waals surface area contributed by atoms with Gasteiger partial charge in [0, 0.05) is 20.1 Å². The molecule has 0 saturated carbocycles. The fourth-order valence-corrected chi connectivity index (χ4v) is 3.76. The summed E-state index contributed by atoms with van der Waals surface area (Å²) in [4.78, 5) is 13.7. The molecular formula is C20H37ClN5NaO3S. The Balaban J connectivity index is 0.00000900. The van der Waals surface area contributed by atoms with Crippen LogP contribution >= 0.6 is 11.6 Å². The predicted molar refractivity (Wildman–Crippen MR) is 122 cm³/mol. The van der Waals surface area contributed by atoms with E-state index in [4.69, 9.17) is 11.6 Å². The van der Waals surface area contributed by atoms with Crippen molar-refractivity contribution in [3.05, 3.63) is 5.28 Å². The van der Waals surface area contributed by atoms with Crippen molar-refractivity contribution < 1.29 is 42.5 Å². The summed E-state index contributed by atoms with van der Waals surface area (Å²) in [5, 5.41) is 3.16. The molecule has 31 heavy (non-hydrogen) atoms. The van der Waals surface area contributed by atoms with Crippen molar-refractivity contribution in [2.75, 3.05) is 36.1 Å². The average molecular weight is 486 g/mol. The van der Waals surface area contributed by atoms with E-state index in [2.05, 4.69) is 27.2 Å². The van der Waals surface area contributed by atoms with Gasteiger partial charge in [-0.1, -0.05) is 77.6 Å². The smallest absolute Gasteiger partial charge is 0.748 e. The minimum Gasteiger partial charge on any atom is -0.748 e. The number of hydrogen-bond acceptors (Lipinski definition) is 8. The molecule has 11 heteroatoms. The number of unbranched alkanes of at least 4 members (excludes halogenated alkanes) is 11. The Bertz CT molecular complexity index is 697. The molecule has 0 aliphatic heterocycles. The normalized spacial score (nSPS) is 11.2. The third kappa shape index (κ3) is 17.0. The van der Waals surface area contributed by atoms with Crippen LogP contribution in [-0.2, 0) is 10.1 Å². The zero-order valence-electron chi connectivity index (χ0n) is 19.4. The molecule has 174 valence electrons. The molecule has 0 unspecified atom stereocenters. The molecule has 0 amide bonds. The van der Waals surface area contributed by atoms with E-state index < -0.39 is 15.9 Å². The molecule has 0 aliphatic rings. The summed E-state index contributed by atoms with van der Waals surface area (Å²) in [5.41, 5.74) is 0. The molecule has 0 fully saturated rings. The van der Waals surface area contributed by atoms with E-state index in [-0.39, 0.29) is 47.3 Å². The third-order valence-electron chi connectivity index (χ3n) is 4.93. The first-order valence-electron chi connectivity index (χ1n) is 11.1. The number of hydrogen-bond donors (Lipinski definition) is 1. The van der Waals surface area contributed by atoms with Crippen LogP contribution in [0, 0.1) is 0 Å². The predicted octanol–water partition coefficient (Wildman–Crippen LogP) is 1.62. The molecule has 0 radical (unpaired) electrons. The van der Waals surface area contributed by atoms with Crippen molar-refractivity contribution in [3.63, 3.8) is 0 Å². The average Bonchev–Trinajstić information content (AvgIpc) is 2.68. The second-order valence-electron chi connectivity index (χ2n) is 7.73. The number of rotatable bonds is 18. The number of anilines is 2. The molecule has 1 aromatic rings. The molecule has 1 N–H and O–H groups in total. The molecule has 8 nitrogen and oxygen atoms in total. The first-order valence-corrected chi connectivity index (χ1v) is 13.1. The molecule has 0 aliphatic carbocycles. The van der Waals surface area contributed by atoms with Crippen molar-refractivity contribution in [2.45, 2.75) is 84.0 Å². The van der Waals surface area contributed by atoms with Crippen molar-refractivity contribution in [2.24, 2.45) is 0 Å². The molecule has 0 bridgehead atoms. The van der Waals surface area contributed by atoms with E-state index in [1.165, 1.54) is 69.1 Å². The van der Waals surface area contributed by atoms with E-state index in [1.807, 2.05) is 0 Å². The Hall–Kier alpha value is -0.190. The fourth-order valence-electron chi connectivity index (χ4n) is 3.10. The Morgan fingerprint density at radius 1 is 0.903 bits per heavy atom. The fraction of sp³-hybridized carbons (Fsp3) is 0.850. The van der Waals surface area contributed by atoms with E-state index in [0.717, 1.165) is 19.4 Å². The zero-order valence-corrected chi connectivity index (χ0v) is 23.0. The SMILES string of the molecule is CCCCCCCCCCCCCCNc1nc(Cl)nc(N(C)CCS(=O)(=O)[O-])n1.[Na+]. The maximum Gasteiger partial charge on any atom is 1.00 e. The van der Waals surface area contributed by atoms with Crippen LogP contribution in [0.1, 0.15) is 84.0 Å². The minimum absolute atomic E-state index is 0. The number of nitrogens with zero attached hydrogens (tertiary/aromatic N) is 4.